The fraction of sp³-hybridized carbons (Fsp3) is 0.400. The quantitative estimate of drug-likeness (QED) is 0.763. The molecule has 2 nitrogen and oxygen atoms in total. The molecule has 3 heteroatoms. The van der Waals surface area contributed by atoms with Gasteiger partial charge in [-0.2, -0.15) is 0 Å². The standard InChI is InChI=1S/C15H18ClNO/c1-10(2)11(3)18-15-8-12(9-16)17-14-7-5-4-6-13(14)15/h4-8,10-11H,9H2,1-3H3. The summed E-state index contributed by atoms with van der Waals surface area (Å²) in [7, 11) is 0. The Labute approximate surface area is 113 Å². The topological polar surface area (TPSA) is 22.1 Å². The van der Waals surface area contributed by atoms with Crippen molar-refractivity contribution in [3.8, 4) is 5.75 Å². The zero-order valence-corrected chi connectivity index (χ0v) is 11.7. The van der Waals surface area contributed by atoms with E-state index in [4.69, 9.17) is 16.3 Å². The van der Waals surface area contributed by atoms with Crippen LogP contribution in [0.25, 0.3) is 10.9 Å². The lowest BCUT2D eigenvalue weighted by Gasteiger charge is -2.19. The molecule has 0 amide bonds. The van der Waals surface area contributed by atoms with E-state index in [2.05, 4.69) is 25.8 Å². The van der Waals surface area contributed by atoms with Crippen molar-refractivity contribution >= 4 is 22.5 Å². The van der Waals surface area contributed by atoms with Crippen molar-refractivity contribution < 1.29 is 4.74 Å². The number of benzene rings is 1. The molecule has 1 aromatic heterocycles. The van der Waals surface area contributed by atoms with Gasteiger partial charge in [-0.15, -0.1) is 11.6 Å². The van der Waals surface area contributed by atoms with Crippen LogP contribution in [0.3, 0.4) is 0 Å². The van der Waals surface area contributed by atoms with Gasteiger partial charge in [0.05, 0.1) is 23.2 Å². The normalized spacial score (nSPS) is 12.9. The summed E-state index contributed by atoms with van der Waals surface area (Å²) in [5, 5.41) is 1.04. The van der Waals surface area contributed by atoms with Crippen molar-refractivity contribution in [3.05, 3.63) is 36.0 Å². The Bertz CT molecular complexity index is 539. The Hall–Kier alpha value is -1.28. The third-order valence-electron chi connectivity index (χ3n) is 3.12. The van der Waals surface area contributed by atoms with Crippen molar-refractivity contribution in [1.29, 1.82) is 0 Å². The van der Waals surface area contributed by atoms with Gasteiger partial charge in [0.1, 0.15) is 5.75 Å². The van der Waals surface area contributed by atoms with Gasteiger partial charge < -0.3 is 4.74 Å². The first kappa shape index (κ1) is 13.2. The molecule has 0 saturated carbocycles. The van der Waals surface area contributed by atoms with Gasteiger partial charge >= 0.3 is 0 Å². The Morgan fingerprint density at radius 2 is 1.94 bits per heavy atom. The van der Waals surface area contributed by atoms with E-state index < -0.39 is 0 Å². The second-order valence-electron chi connectivity index (χ2n) is 4.83. The van der Waals surface area contributed by atoms with Crippen LogP contribution in [-0.2, 0) is 5.88 Å². The minimum Gasteiger partial charge on any atom is -0.490 e. The number of ether oxygens (including phenoxy) is 1. The fourth-order valence-electron chi connectivity index (χ4n) is 1.70. The summed E-state index contributed by atoms with van der Waals surface area (Å²) in [5.41, 5.74) is 1.78. The lowest BCUT2D eigenvalue weighted by molar-refractivity contribution is 0.172. The van der Waals surface area contributed by atoms with Crippen LogP contribution in [-0.4, -0.2) is 11.1 Å². The largest absolute Gasteiger partial charge is 0.490 e. The summed E-state index contributed by atoms with van der Waals surface area (Å²) in [6.07, 6.45) is 0.166. The van der Waals surface area contributed by atoms with Gasteiger partial charge in [0, 0.05) is 11.5 Å². The van der Waals surface area contributed by atoms with Crippen LogP contribution in [0.1, 0.15) is 26.5 Å². The minimum absolute atomic E-state index is 0.166. The highest BCUT2D eigenvalue weighted by molar-refractivity contribution is 6.17. The molecule has 0 aliphatic carbocycles. The molecule has 96 valence electrons. The van der Waals surface area contributed by atoms with E-state index >= 15 is 0 Å². The van der Waals surface area contributed by atoms with Gasteiger partial charge in [0.15, 0.2) is 0 Å². The molecule has 0 fully saturated rings. The SMILES string of the molecule is CC(C)C(C)Oc1cc(CCl)nc2ccccc12. The molecule has 18 heavy (non-hydrogen) atoms. The van der Waals surface area contributed by atoms with E-state index in [1.165, 1.54) is 0 Å². The molecule has 1 heterocycles. The van der Waals surface area contributed by atoms with Gasteiger partial charge in [-0.25, -0.2) is 0 Å². The van der Waals surface area contributed by atoms with Crippen molar-refractivity contribution in [2.24, 2.45) is 5.92 Å². The van der Waals surface area contributed by atoms with E-state index in [1.807, 2.05) is 30.3 Å². The fourth-order valence-corrected chi connectivity index (χ4v) is 1.83. The first-order chi connectivity index (χ1) is 8.61. The van der Waals surface area contributed by atoms with Gasteiger partial charge in [-0.1, -0.05) is 26.0 Å². The highest BCUT2D eigenvalue weighted by atomic mass is 35.5. The van der Waals surface area contributed by atoms with Crippen molar-refractivity contribution in [2.75, 3.05) is 0 Å². The van der Waals surface area contributed by atoms with E-state index in [0.29, 0.717) is 11.8 Å². The van der Waals surface area contributed by atoms with Crippen LogP contribution >= 0.6 is 11.6 Å². The number of halogens is 1. The van der Waals surface area contributed by atoms with E-state index in [1.54, 1.807) is 0 Å². The number of hydrogen-bond acceptors (Lipinski definition) is 2. The smallest absolute Gasteiger partial charge is 0.130 e. The number of pyridine rings is 1. The Kier molecular flexibility index (Phi) is 4.07. The number of rotatable bonds is 4. The van der Waals surface area contributed by atoms with E-state index in [-0.39, 0.29) is 6.10 Å². The zero-order chi connectivity index (χ0) is 13.1. The predicted octanol–water partition coefficient (Wildman–Crippen LogP) is 4.40. The summed E-state index contributed by atoms with van der Waals surface area (Å²) in [5.74, 6) is 1.74. The van der Waals surface area contributed by atoms with E-state index in [9.17, 15) is 0 Å². The molecule has 1 aromatic carbocycles. The Balaban J connectivity index is 2.47. The predicted molar refractivity (Wildman–Crippen MR) is 76.2 cm³/mol. The molecule has 2 rings (SSSR count). The average molecular weight is 264 g/mol. The first-order valence-corrected chi connectivity index (χ1v) is 6.76. The number of fused-ring (bicyclic) bond motifs is 1. The number of hydrogen-bond donors (Lipinski definition) is 0. The summed E-state index contributed by atoms with van der Waals surface area (Å²) >= 11 is 5.88. The summed E-state index contributed by atoms with van der Waals surface area (Å²) < 4.78 is 6.03. The molecule has 0 N–H and O–H groups in total. The molecule has 1 unspecified atom stereocenters. The minimum atomic E-state index is 0.166. The molecule has 0 spiro atoms. The van der Waals surface area contributed by atoms with Crippen LogP contribution in [0.5, 0.6) is 5.75 Å². The number of para-hydroxylation sites is 1. The lowest BCUT2D eigenvalue weighted by atomic mass is 10.1. The molecule has 0 radical (unpaired) electrons. The Morgan fingerprint density at radius 1 is 1.22 bits per heavy atom. The molecule has 1 atom stereocenters. The van der Waals surface area contributed by atoms with Gasteiger partial charge in [0.2, 0.25) is 0 Å². The molecule has 0 aliphatic rings. The maximum absolute atomic E-state index is 6.03. The van der Waals surface area contributed by atoms with Crippen LogP contribution in [0.4, 0.5) is 0 Å². The molecule has 0 bridgehead atoms. The lowest BCUT2D eigenvalue weighted by Crippen LogP contribution is -2.19. The highest BCUT2D eigenvalue weighted by Gasteiger charge is 2.12. The molecular formula is C15H18ClNO. The molecular weight excluding hydrogens is 246 g/mol. The molecule has 2 aromatic rings. The maximum atomic E-state index is 6.03. The maximum Gasteiger partial charge on any atom is 0.130 e. The van der Waals surface area contributed by atoms with Crippen LogP contribution in [0, 0.1) is 5.92 Å². The van der Waals surface area contributed by atoms with Gasteiger partial charge in [0.25, 0.3) is 0 Å². The third kappa shape index (κ3) is 2.75. The second-order valence-corrected chi connectivity index (χ2v) is 5.10. The van der Waals surface area contributed by atoms with Crippen molar-refractivity contribution in [1.82, 2.24) is 4.98 Å². The van der Waals surface area contributed by atoms with Gasteiger partial charge in [-0.3, -0.25) is 4.98 Å². The number of aromatic nitrogens is 1. The average Bonchev–Trinajstić information content (AvgIpc) is 2.38. The summed E-state index contributed by atoms with van der Waals surface area (Å²) in [4.78, 5) is 4.49. The monoisotopic (exact) mass is 263 g/mol. The van der Waals surface area contributed by atoms with Crippen LogP contribution in [0.15, 0.2) is 30.3 Å². The molecule has 0 aliphatic heterocycles. The van der Waals surface area contributed by atoms with Crippen molar-refractivity contribution in [3.63, 3.8) is 0 Å². The second kappa shape index (κ2) is 5.57. The molecule has 0 saturated heterocycles. The van der Waals surface area contributed by atoms with Crippen LogP contribution in [0.2, 0.25) is 0 Å². The summed E-state index contributed by atoms with van der Waals surface area (Å²) in [6.45, 7) is 6.38. The van der Waals surface area contributed by atoms with Crippen molar-refractivity contribution in [2.45, 2.75) is 32.8 Å². The van der Waals surface area contributed by atoms with Crippen LogP contribution < -0.4 is 4.74 Å². The highest BCUT2D eigenvalue weighted by Crippen LogP contribution is 2.27. The van der Waals surface area contributed by atoms with Gasteiger partial charge in [-0.05, 0) is 25.0 Å². The van der Waals surface area contributed by atoms with E-state index in [0.717, 1.165) is 22.3 Å². The first-order valence-electron chi connectivity index (χ1n) is 6.23. The number of alkyl halides is 1. The number of nitrogens with zero attached hydrogens (tertiary/aromatic N) is 1. The summed E-state index contributed by atoms with van der Waals surface area (Å²) in [6, 6.07) is 9.93. The third-order valence-corrected chi connectivity index (χ3v) is 3.39. The Morgan fingerprint density at radius 3 is 2.61 bits per heavy atom. The zero-order valence-electron chi connectivity index (χ0n) is 11.0.